The summed E-state index contributed by atoms with van der Waals surface area (Å²) in [7, 11) is 3.71. The van der Waals surface area contributed by atoms with Crippen LogP contribution in [0.4, 0.5) is 5.88 Å². The molecule has 2 aromatic heterocycles. The normalized spacial score (nSPS) is 18.5. The zero-order valence-corrected chi connectivity index (χ0v) is 23.1. The molecule has 5 rings (SSSR count). The summed E-state index contributed by atoms with van der Waals surface area (Å²) in [6.45, 7) is 9.10. The van der Waals surface area contributed by atoms with Crippen LogP contribution in [0.15, 0.2) is 61.9 Å². The molecule has 4 heterocycles. The molecule has 1 saturated heterocycles. The van der Waals surface area contributed by atoms with Crippen LogP contribution in [0.1, 0.15) is 38.1 Å². The number of anilines is 1. The number of benzene rings is 1. The SMILES string of the molecule is COc1ccc([C@@H]2C(C(=O)OC(C)C)=C(C)N=c3sc(=Cc4ccc(N5CCN(C)CC5)o4)c(=O)n32)cc1. The molecule has 0 N–H and O–H groups in total. The standard InChI is InChI=1S/C28H32N4O5S/c1-17(2)36-27(34)24-18(3)29-28-32(25(24)19-6-8-20(35-5)9-7-19)26(33)22(38-28)16-21-10-11-23(37-21)31-14-12-30(4)13-15-31/h6-11,16-17,25H,12-15H2,1-5H3/t25-/m1/s1. The maximum Gasteiger partial charge on any atom is 0.338 e. The van der Waals surface area contributed by atoms with Gasteiger partial charge in [-0.05, 0) is 51.6 Å². The Bertz CT molecular complexity index is 1540. The Morgan fingerprint density at radius 3 is 2.50 bits per heavy atom. The summed E-state index contributed by atoms with van der Waals surface area (Å²) in [5.74, 6) is 1.59. The van der Waals surface area contributed by atoms with Gasteiger partial charge in [-0.3, -0.25) is 9.36 Å². The van der Waals surface area contributed by atoms with Crippen LogP contribution in [0.2, 0.25) is 0 Å². The third-order valence-corrected chi connectivity index (χ3v) is 7.70. The van der Waals surface area contributed by atoms with E-state index < -0.39 is 12.0 Å². The summed E-state index contributed by atoms with van der Waals surface area (Å²) < 4.78 is 19.0. The van der Waals surface area contributed by atoms with E-state index in [2.05, 4.69) is 21.8 Å². The fourth-order valence-electron chi connectivity index (χ4n) is 4.71. The van der Waals surface area contributed by atoms with Crippen molar-refractivity contribution in [3.05, 3.63) is 78.7 Å². The smallest absolute Gasteiger partial charge is 0.338 e. The third-order valence-electron chi connectivity index (χ3n) is 6.72. The molecule has 38 heavy (non-hydrogen) atoms. The van der Waals surface area contributed by atoms with Crippen LogP contribution in [0, 0.1) is 0 Å². The largest absolute Gasteiger partial charge is 0.497 e. The van der Waals surface area contributed by atoms with Gasteiger partial charge in [-0.2, -0.15) is 0 Å². The van der Waals surface area contributed by atoms with Crippen LogP contribution in [0.3, 0.4) is 0 Å². The quantitative estimate of drug-likeness (QED) is 0.448. The van der Waals surface area contributed by atoms with Crippen molar-refractivity contribution in [2.75, 3.05) is 45.2 Å². The Balaban J connectivity index is 1.57. The molecule has 9 nitrogen and oxygen atoms in total. The topological polar surface area (TPSA) is 89.5 Å². The van der Waals surface area contributed by atoms with Crippen molar-refractivity contribution < 1.29 is 18.7 Å². The maximum atomic E-state index is 13.8. The van der Waals surface area contributed by atoms with Gasteiger partial charge in [-0.25, -0.2) is 9.79 Å². The number of furan rings is 1. The lowest BCUT2D eigenvalue weighted by Gasteiger charge is -2.32. The van der Waals surface area contributed by atoms with Gasteiger partial charge in [0.05, 0.1) is 35.1 Å². The summed E-state index contributed by atoms with van der Waals surface area (Å²) in [6, 6.07) is 10.5. The molecule has 0 bridgehead atoms. The molecule has 10 heteroatoms. The summed E-state index contributed by atoms with van der Waals surface area (Å²) in [6.07, 6.45) is 1.44. The van der Waals surface area contributed by atoms with Gasteiger partial charge in [0, 0.05) is 38.3 Å². The summed E-state index contributed by atoms with van der Waals surface area (Å²) in [5, 5.41) is 0. The van der Waals surface area contributed by atoms with Gasteiger partial charge in [0.25, 0.3) is 5.56 Å². The fourth-order valence-corrected chi connectivity index (χ4v) is 5.73. The van der Waals surface area contributed by atoms with Crippen molar-refractivity contribution in [2.45, 2.75) is 32.9 Å². The van der Waals surface area contributed by atoms with E-state index in [1.165, 1.54) is 11.3 Å². The molecule has 1 aromatic carbocycles. The number of hydrogen-bond acceptors (Lipinski definition) is 9. The number of methoxy groups -OCH3 is 1. The molecular weight excluding hydrogens is 504 g/mol. The first-order valence-electron chi connectivity index (χ1n) is 12.7. The number of esters is 1. The van der Waals surface area contributed by atoms with Gasteiger partial charge in [-0.15, -0.1) is 0 Å². The Morgan fingerprint density at radius 1 is 1.13 bits per heavy atom. The minimum absolute atomic E-state index is 0.241. The molecule has 2 aliphatic rings. The number of thiazole rings is 1. The first kappa shape index (κ1) is 26.0. The molecule has 2 aliphatic heterocycles. The van der Waals surface area contributed by atoms with E-state index in [0.717, 1.165) is 37.6 Å². The number of likely N-dealkylation sites (N-methyl/N-ethyl adjacent to an activating group) is 1. The van der Waals surface area contributed by atoms with Gasteiger partial charge < -0.3 is 23.7 Å². The van der Waals surface area contributed by atoms with Crippen molar-refractivity contribution >= 4 is 29.3 Å². The van der Waals surface area contributed by atoms with Gasteiger partial charge in [-0.1, -0.05) is 23.5 Å². The predicted octanol–water partition coefficient (Wildman–Crippen LogP) is 2.54. The molecule has 0 amide bonds. The number of rotatable bonds is 6. The number of ether oxygens (including phenoxy) is 2. The minimum atomic E-state index is -0.678. The van der Waals surface area contributed by atoms with E-state index in [4.69, 9.17) is 13.9 Å². The Hall–Kier alpha value is -3.63. The first-order chi connectivity index (χ1) is 18.2. The van der Waals surface area contributed by atoms with Gasteiger partial charge in [0.15, 0.2) is 10.7 Å². The van der Waals surface area contributed by atoms with Gasteiger partial charge >= 0.3 is 5.97 Å². The summed E-state index contributed by atoms with van der Waals surface area (Å²) >= 11 is 1.28. The Labute approximate surface area is 224 Å². The summed E-state index contributed by atoms with van der Waals surface area (Å²) in [4.78, 5) is 36.7. The average molecular weight is 537 g/mol. The van der Waals surface area contributed by atoms with E-state index in [-0.39, 0.29) is 11.7 Å². The molecule has 0 spiro atoms. The van der Waals surface area contributed by atoms with Crippen molar-refractivity contribution in [3.8, 4) is 5.75 Å². The molecule has 3 aromatic rings. The average Bonchev–Trinajstić information content (AvgIpc) is 3.47. The number of nitrogens with zero attached hydrogens (tertiary/aromatic N) is 4. The number of hydrogen-bond donors (Lipinski definition) is 0. The van der Waals surface area contributed by atoms with E-state index in [9.17, 15) is 9.59 Å². The number of allylic oxidation sites excluding steroid dienone is 1. The number of carbonyl (C=O) groups is 1. The Kier molecular flexibility index (Phi) is 7.27. The zero-order chi connectivity index (χ0) is 27.0. The monoisotopic (exact) mass is 536 g/mol. The molecule has 200 valence electrons. The highest BCUT2D eigenvalue weighted by Gasteiger charge is 2.34. The molecule has 0 radical (unpaired) electrons. The highest BCUT2D eigenvalue weighted by atomic mass is 32.1. The van der Waals surface area contributed by atoms with E-state index >= 15 is 0 Å². The maximum absolute atomic E-state index is 13.8. The van der Waals surface area contributed by atoms with Crippen molar-refractivity contribution in [1.82, 2.24) is 9.47 Å². The highest BCUT2D eigenvalue weighted by molar-refractivity contribution is 7.07. The van der Waals surface area contributed by atoms with Crippen molar-refractivity contribution in [2.24, 2.45) is 4.99 Å². The third kappa shape index (κ3) is 5.06. The number of carbonyl (C=O) groups excluding carboxylic acids is 1. The van der Waals surface area contributed by atoms with Crippen molar-refractivity contribution in [3.63, 3.8) is 0 Å². The van der Waals surface area contributed by atoms with E-state index in [1.807, 2.05) is 36.4 Å². The molecular formula is C28H32N4O5S. The van der Waals surface area contributed by atoms with Gasteiger partial charge in [0.1, 0.15) is 11.5 Å². The van der Waals surface area contributed by atoms with E-state index in [1.54, 1.807) is 38.5 Å². The summed E-state index contributed by atoms with van der Waals surface area (Å²) in [5.41, 5.74) is 1.39. The number of aromatic nitrogens is 1. The highest BCUT2D eigenvalue weighted by Crippen LogP contribution is 2.32. The van der Waals surface area contributed by atoms with Crippen molar-refractivity contribution in [1.29, 1.82) is 0 Å². The second-order valence-electron chi connectivity index (χ2n) is 9.78. The fraction of sp³-hybridized carbons (Fsp3) is 0.393. The molecule has 1 fully saturated rings. The second kappa shape index (κ2) is 10.6. The lowest BCUT2D eigenvalue weighted by molar-refractivity contribution is -0.143. The lowest BCUT2D eigenvalue weighted by atomic mass is 9.96. The predicted molar refractivity (Wildman–Crippen MR) is 146 cm³/mol. The van der Waals surface area contributed by atoms with Gasteiger partial charge in [0.2, 0.25) is 0 Å². The first-order valence-corrected chi connectivity index (χ1v) is 13.5. The van der Waals surface area contributed by atoms with Crippen LogP contribution in [0.25, 0.3) is 6.08 Å². The van der Waals surface area contributed by atoms with Crippen LogP contribution in [-0.4, -0.2) is 61.9 Å². The van der Waals surface area contributed by atoms with Crippen LogP contribution < -0.4 is 24.5 Å². The molecule has 0 aliphatic carbocycles. The second-order valence-corrected chi connectivity index (χ2v) is 10.8. The minimum Gasteiger partial charge on any atom is -0.497 e. The number of piperazine rings is 1. The molecule has 0 unspecified atom stereocenters. The number of fused-ring (bicyclic) bond motifs is 1. The Morgan fingerprint density at radius 2 is 1.84 bits per heavy atom. The van der Waals surface area contributed by atoms with Crippen LogP contribution in [0.5, 0.6) is 5.75 Å². The zero-order valence-electron chi connectivity index (χ0n) is 22.3. The molecule has 0 saturated carbocycles. The lowest BCUT2D eigenvalue weighted by Crippen LogP contribution is -2.44. The van der Waals surface area contributed by atoms with Crippen LogP contribution in [-0.2, 0) is 9.53 Å². The molecule has 1 atom stereocenters. The van der Waals surface area contributed by atoms with Crippen LogP contribution >= 0.6 is 11.3 Å². The van der Waals surface area contributed by atoms with E-state index in [0.29, 0.717) is 32.1 Å².